The number of carboxylic acid groups (broad SMARTS) is 1. The Hall–Kier alpha value is -1.84. The SMILES string of the molecule is Cc1cc(C)c(C(=O)NCC(C)CC(=O)O)c(C)c1. The van der Waals surface area contributed by atoms with E-state index in [1.165, 1.54) is 0 Å². The minimum absolute atomic E-state index is 0.0616. The van der Waals surface area contributed by atoms with Gasteiger partial charge < -0.3 is 10.4 Å². The number of aliphatic carboxylic acids is 1. The van der Waals surface area contributed by atoms with Crippen LogP contribution in [0.25, 0.3) is 0 Å². The molecule has 0 aliphatic heterocycles. The van der Waals surface area contributed by atoms with Crippen LogP contribution in [0, 0.1) is 26.7 Å². The Labute approximate surface area is 113 Å². The summed E-state index contributed by atoms with van der Waals surface area (Å²) >= 11 is 0. The number of hydrogen-bond donors (Lipinski definition) is 2. The number of nitrogens with one attached hydrogen (secondary N) is 1. The molecule has 2 N–H and O–H groups in total. The van der Waals surface area contributed by atoms with Gasteiger partial charge in [-0.05, 0) is 37.8 Å². The second-order valence-electron chi connectivity index (χ2n) is 5.19. The molecule has 0 saturated carbocycles. The highest BCUT2D eigenvalue weighted by Gasteiger charge is 2.14. The van der Waals surface area contributed by atoms with Crippen LogP contribution in [0.1, 0.15) is 40.4 Å². The Morgan fingerprint density at radius 3 is 2.21 bits per heavy atom. The van der Waals surface area contributed by atoms with E-state index in [0.29, 0.717) is 12.1 Å². The number of carboxylic acids is 1. The van der Waals surface area contributed by atoms with Crippen molar-refractivity contribution in [3.8, 4) is 0 Å². The molecule has 1 atom stereocenters. The van der Waals surface area contributed by atoms with Crippen molar-refractivity contribution in [2.75, 3.05) is 6.54 Å². The molecular formula is C15H21NO3. The fraction of sp³-hybridized carbons (Fsp3) is 0.467. The standard InChI is InChI=1S/C15H21NO3/c1-9-5-11(3)14(12(4)6-9)15(19)16-8-10(2)7-13(17)18/h5-6,10H,7-8H2,1-4H3,(H,16,19)(H,17,18). The van der Waals surface area contributed by atoms with E-state index in [2.05, 4.69) is 5.32 Å². The summed E-state index contributed by atoms with van der Waals surface area (Å²) in [7, 11) is 0. The molecule has 1 amide bonds. The predicted octanol–water partition coefficient (Wildman–Crippen LogP) is 2.45. The highest BCUT2D eigenvalue weighted by molar-refractivity contribution is 5.97. The minimum atomic E-state index is -0.843. The normalized spacial score (nSPS) is 12.0. The number of amides is 1. The van der Waals surface area contributed by atoms with Crippen molar-refractivity contribution in [1.29, 1.82) is 0 Å². The Balaban J connectivity index is 2.72. The first-order chi connectivity index (χ1) is 8.81. The van der Waals surface area contributed by atoms with Crippen LogP contribution in [0.5, 0.6) is 0 Å². The third-order valence-corrected chi connectivity index (χ3v) is 3.04. The molecule has 1 aromatic carbocycles. The summed E-state index contributed by atoms with van der Waals surface area (Å²) in [6, 6.07) is 3.95. The molecule has 104 valence electrons. The van der Waals surface area contributed by atoms with Crippen LogP contribution >= 0.6 is 0 Å². The zero-order chi connectivity index (χ0) is 14.6. The van der Waals surface area contributed by atoms with Crippen molar-refractivity contribution >= 4 is 11.9 Å². The van der Waals surface area contributed by atoms with Crippen molar-refractivity contribution in [3.63, 3.8) is 0 Å². The van der Waals surface area contributed by atoms with Gasteiger partial charge in [0.2, 0.25) is 0 Å². The summed E-state index contributed by atoms with van der Waals surface area (Å²) in [6.07, 6.45) is 0.0616. The van der Waals surface area contributed by atoms with Crippen LogP contribution < -0.4 is 5.32 Å². The van der Waals surface area contributed by atoms with Crippen LogP contribution in [-0.4, -0.2) is 23.5 Å². The molecule has 0 radical (unpaired) electrons. The van der Waals surface area contributed by atoms with E-state index in [-0.39, 0.29) is 18.2 Å². The molecule has 0 spiro atoms. The Bertz CT molecular complexity index is 471. The van der Waals surface area contributed by atoms with Crippen molar-refractivity contribution in [2.45, 2.75) is 34.1 Å². The predicted molar refractivity (Wildman–Crippen MR) is 74.4 cm³/mol. The van der Waals surface area contributed by atoms with E-state index in [4.69, 9.17) is 5.11 Å². The molecule has 1 unspecified atom stereocenters. The van der Waals surface area contributed by atoms with E-state index in [0.717, 1.165) is 16.7 Å². The first-order valence-electron chi connectivity index (χ1n) is 6.39. The van der Waals surface area contributed by atoms with Crippen molar-refractivity contribution < 1.29 is 14.7 Å². The number of benzene rings is 1. The molecule has 1 aromatic rings. The van der Waals surface area contributed by atoms with E-state index in [1.807, 2.05) is 39.8 Å². The topological polar surface area (TPSA) is 66.4 Å². The average Bonchev–Trinajstić information content (AvgIpc) is 2.23. The third-order valence-electron chi connectivity index (χ3n) is 3.04. The Morgan fingerprint density at radius 2 is 1.74 bits per heavy atom. The Kier molecular flexibility index (Phi) is 5.10. The van der Waals surface area contributed by atoms with Crippen LogP contribution in [0.2, 0.25) is 0 Å². The second kappa shape index (κ2) is 6.36. The fourth-order valence-electron chi connectivity index (χ4n) is 2.26. The van der Waals surface area contributed by atoms with Gasteiger partial charge in [-0.15, -0.1) is 0 Å². The van der Waals surface area contributed by atoms with Gasteiger partial charge in [0.15, 0.2) is 0 Å². The summed E-state index contributed by atoms with van der Waals surface area (Å²) < 4.78 is 0. The maximum absolute atomic E-state index is 12.1. The summed E-state index contributed by atoms with van der Waals surface area (Å²) in [4.78, 5) is 22.7. The van der Waals surface area contributed by atoms with Crippen molar-refractivity contribution in [1.82, 2.24) is 5.32 Å². The summed E-state index contributed by atoms with van der Waals surface area (Å²) in [5, 5.41) is 11.5. The summed E-state index contributed by atoms with van der Waals surface area (Å²) in [5.74, 6) is -1.05. The lowest BCUT2D eigenvalue weighted by Gasteiger charge is -2.14. The molecular weight excluding hydrogens is 242 g/mol. The molecule has 0 bridgehead atoms. The number of aryl methyl sites for hydroxylation is 3. The van der Waals surface area contributed by atoms with Crippen molar-refractivity contribution in [3.05, 3.63) is 34.4 Å². The molecule has 4 nitrogen and oxygen atoms in total. The van der Waals surface area contributed by atoms with E-state index in [1.54, 1.807) is 0 Å². The highest BCUT2D eigenvalue weighted by atomic mass is 16.4. The van der Waals surface area contributed by atoms with Gasteiger partial charge in [-0.1, -0.05) is 24.6 Å². The first-order valence-corrected chi connectivity index (χ1v) is 6.39. The number of hydrogen-bond acceptors (Lipinski definition) is 2. The molecule has 0 saturated heterocycles. The molecule has 0 fully saturated rings. The van der Waals surface area contributed by atoms with Crippen LogP contribution in [0.4, 0.5) is 0 Å². The van der Waals surface area contributed by atoms with Gasteiger partial charge in [0.05, 0.1) is 0 Å². The average molecular weight is 263 g/mol. The lowest BCUT2D eigenvalue weighted by molar-refractivity contribution is -0.137. The second-order valence-corrected chi connectivity index (χ2v) is 5.19. The van der Waals surface area contributed by atoms with Crippen molar-refractivity contribution in [2.24, 2.45) is 5.92 Å². The first kappa shape index (κ1) is 15.2. The lowest BCUT2D eigenvalue weighted by atomic mass is 9.99. The zero-order valence-electron chi connectivity index (χ0n) is 11.9. The largest absolute Gasteiger partial charge is 0.481 e. The summed E-state index contributed by atoms with van der Waals surface area (Å²) in [5.41, 5.74) is 3.71. The van der Waals surface area contributed by atoms with Crippen LogP contribution in [-0.2, 0) is 4.79 Å². The highest BCUT2D eigenvalue weighted by Crippen LogP contribution is 2.16. The molecule has 0 heterocycles. The minimum Gasteiger partial charge on any atom is -0.481 e. The number of rotatable bonds is 5. The van der Waals surface area contributed by atoms with Gasteiger partial charge in [0.25, 0.3) is 5.91 Å². The molecule has 0 aromatic heterocycles. The van der Waals surface area contributed by atoms with Crippen LogP contribution in [0.3, 0.4) is 0 Å². The smallest absolute Gasteiger partial charge is 0.303 e. The van der Waals surface area contributed by atoms with Gasteiger partial charge in [0.1, 0.15) is 0 Å². The maximum atomic E-state index is 12.1. The van der Waals surface area contributed by atoms with E-state index in [9.17, 15) is 9.59 Å². The molecule has 4 heteroatoms. The van der Waals surface area contributed by atoms with Gasteiger partial charge >= 0.3 is 5.97 Å². The van der Waals surface area contributed by atoms with Gasteiger partial charge in [0, 0.05) is 18.5 Å². The summed E-state index contributed by atoms with van der Waals surface area (Å²) in [6.45, 7) is 8.00. The number of carbonyl (C=O) groups excluding carboxylic acids is 1. The molecule has 0 aliphatic carbocycles. The maximum Gasteiger partial charge on any atom is 0.303 e. The Morgan fingerprint density at radius 1 is 1.21 bits per heavy atom. The third kappa shape index (κ3) is 4.39. The molecule has 0 aliphatic rings. The van der Waals surface area contributed by atoms with Gasteiger partial charge in [-0.3, -0.25) is 9.59 Å². The van der Waals surface area contributed by atoms with E-state index < -0.39 is 5.97 Å². The van der Waals surface area contributed by atoms with E-state index >= 15 is 0 Å². The monoisotopic (exact) mass is 263 g/mol. The van der Waals surface area contributed by atoms with Gasteiger partial charge in [-0.2, -0.15) is 0 Å². The molecule has 19 heavy (non-hydrogen) atoms. The molecule has 1 rings (SSSR count). The van der Waals surface area contributed by atoms with Gasteiger partial charge in [-0.25, -0.2) is 0 Å². The van der Waals surface area contributed by atoms with Crippen LogP contribution in [0.15, 0.2) is 12.1 Å². The quantitative estimate of drug-likeness (QED) is 0.857. The zero-order valence-corrected chi connectivity index (χ0v) is 11.9. The lowest BCUT2D eigenvalue weighted by Crippen LogP contribution is -2.30. The number of carbonyl (C=O) groups is 2. The fourth-order valence-corrected chi connectivity index (χ4v) is 2.26.